The summed E-state index contributed by atoms with van der Waals surface area (Å²) in [6.07, 6.45) is 4.69. The Balaban J connectivity index is 2.02. The van der Waals surface area contributed by atoms with Gasteiger partial charge in [-0.15, -0.1) is 0 Å². The van der Waals surface area contributed by atoms with Crippen molar-refractivity contribution in [1.82, 2.24) is 19.4 Å². The number of amides is 1. The minimum atomic E-state index is -0.392. The molecular weight excluding hydrogens is 306 g/mol. The van der Waals surface area contributed by atoms with Crippen molar-refractivity contribution in [2.75, 3.05) is 20.7 Å². The highest BCUT2D eigenvalue weighted by molar-refractivity contribution is 6.29. The second-order valence-electron chi connectivity index (χ2n) is 5.01. The van der Waals surface area contributed by atoms with E-state index in [1.54, 1.807) is 37.5 Å². The van der Waals surface area contributed by atoms with Crippen molar-refractivity contribution in [1.29, 1.82) is 0 Å². The summed E-state index contributed by atoms with van der Waals surface area (Å²) >= 11 is 5.95. The Morgan fingerprint density at radius 1 is 1.55 bits per heavy atom. The number of ether oxygens (including phenoxy) is 1. The number of fused-ring (bicyclic) bond motifs is 3. The summed E-state index contributed by atoms with van der Waals surface area (Å²) in [7, 11) is 3.59. The molecule has 0 spiro atoms. The summed E-state index contributed by atoms with van der Waals surface area (Å²) in [5.74, 6) is 0.835. The van der Waals surface area contributed by atoms with Gasteiger partial charge in [-0.25, -0.2) is 9.97 Å². The average molecular weight is 320 g/mol. The highest BCUT2D eigenvalue weighted by atomic mass is 35.5. The molecule has 0 aromatic carbocycles. The van der Waals surface area contributed by atoms with Gasteiger partial charge in [0.2, 0.25) is 0 Å². The van der Waals surface area contributed by atoms with E-state index < -0.39 is 5.91 Å². The second-order valence-corrected chi connectivity index (χ2v) is 5.40. The fraction of sp³-hybridized carbons (Fsp3) is 0.286. The van der Waals surface area contributed by atoms with Crippen LogP contribution in [-0.2, 0) is 6.54 Å². The third-order valence-corrected chi connectivity index (χ3v) is 3.27. The maximum Gasteiger partial charge on any atom is 0.298 e. The fourth-order valence-corrected chi connectivity index (χ4v) is 2.26. The number of carbonyl (C=O) groups is 1. The molecule has 8 heteroatoms. The predicted molar refractivity (Wildman–Crippen MR) is 82.5 cm³/mol. The zero-order chi connectivity index (χ0) is 15.7. The van der Waals surface area contributed by atoms with Crippen molar-refractivity contribution in [3.8, 4) is 17.1 Å². The lowest BCUT2D eigenvalue weighted by atomic mass is 10.2. The van der Waals surface area contributed by atoms with Gasteiger partial charge in [0.05, 0.1) is 24.6 Å². The number of hydrogen-bond acceptors (Lipinski definition) is 4. The first-order chi connectivity index (χ1) is 10.5. The van der Waals surface area contributed by atoms with Crippen LogP contribution in [0.25, 0.3) is 11.4 Å². The zero-order valence-corrected chi connectivity index (χ0v) is 12.9. The van der Waals surface area contributed by atoms with Gasteiger partial charge in [-0.3, -0.25) is 4.79 Å². The van der Waals surface area contributed by atoms with E-state index in [1.165, 1.54) is 6.34 Å². The maximum atomic E-state index is 12.1. The number of nitrogens with zero attached hydrogens (tertiary/aromatic N) is 5. The monoisotopic (exact) mass is 319 g/mol. The van der Waals surface area contributed by atoms with Gasteiger partial charge < -0.3 is 14.2 Å². The fourth-order valence-electron chi connectivity index (χ4n) is 2.10. The molecule has 1 amide bonds. The maximum absolute atomic E-state index is 12.1. The van der Waals surface area contributed by atoms with Gasteiger partial charge in [-0.2, -0.15) is 4.99 Å². The molecular formula is C14H14ClN5O2. The first-order valence-corrected chi connectivity index (χ1v) is 7.03. The molecule has 114 valence electrons. The van der Waals surface area contributed by atoms with Crippen molar-refractivity contribution in [3.05, 3.63) is 29.3 Å². The minimum Gasteiger partial charge on any atom is -0.489 e. The molecule has 7 nitrogen and oxygen atoms in total. The van der Waals surface area contributed by atoms with E-state index in [2.05, 4.69) is 15.0 Å². The van der Waals surface area contributed by atoms with Gasteiger partial charge in [0.1, 0.15) is 29.0 Å². The van der Waals surface area contributed by atoms with E-state index >= 15 is 0 Å². The standard InChI is InChI=1S/C14H14ClN5O2/c1-19(2)8-17-14(21)10-7-20-3-4-22-11-6-16-12(15)5-9(11)13(20)18-10/h5-8H,3-4H2,1-2H3/b17-8+. The smallest absolute Gasteiger partial charge is 0.298 e. The molecule has 0 atom stereocenters. The van der Waals surface area contributed by atoms with Gasteiger partial charge >= 0.3 is 0 Å². The normalized spacial score (nSPS) is 13.2. The Morgan fingerprint density at radius 3 is 3.14 bits per heavy atom. The number of halogens is 1. The van der Waals surface area contributed by atoms with Crippen LogP contribution in [-0.4, -0.2) is 52.4 Å². The molecule has 0 saturated carbocycles. The van der Waals surface area contributed by atoms with Gasteiger partial charge in [0, 0.05) is 20.3 Å². The third kappa shape index (κ3) is 2.80. The summed E-state index contributed by atoms with van der Waals surface area (Å²) in [6.45, 7) is 1.05. The molecule has 0 bridgehead atoms. The largest absolute Gasteiger partial charge is 0.489 e. The van der Waals surface area contributed by atoms with Crippen LogP contribution in [0.5, 0.6) is 5.75 Å². The van der Waals surface area contributed by atoms with E-state index in [9.17, 15) is 4.79 Å². The zero-order valence-electron chi connectivity index (χ0n) is 12.2. The first kappa shape index (κ1) is 14.5. The SMILES string of the molecule is CN(C)/C=N/C(=O)c1cn2c(n1)-c1cc(Cl)ncc1OCC2. The van der Waals surface area contributed by atoms with Crippen LogP contribution in [0.15, 0.2) is 23.5 Å². The van der Waals surface area contributed by atoms with E-state index in [0.717, 1.165) is 0 Å². The average Bonchev–Trinajstić information content (AvgIpc) is 2.83. The van der Waals surface area contributed by atoms with E-state index in [0.29, 0.717) is 35.4 Å². The lowest BCUT2D eigenvalue weighted by molar-refractivity contribution is 0.0998. The number of rotatable bonds is 2. The molecule has 2 aromatic rings. The molecule has 0 saturated heterocycles. The molecule has 0 unspecified atom stereocenters. The van der Waals surface area contributed by atoms with Crippen molar-refractivity contribution >= 4 is 23.8 Å². The summed E-state index contributed by atoms with van der Waals surface area (Å²) in [5, 5.41) is 0.345. The molecule has 0 fully saturated rings. The molecule has 3 heterocycles. The topological polar surface area (TPSA) is 72.6 Å². The Kier molecular flexibility index (Phi) is 3.81. The minimum absolute atomic E-state index is 0.286. The number of carbonyl (C=O) groups excluding carboxylic acids is 1. The number of hydrogen-bond donors (Lipinski definition) is 0. The van der Waals surface area contributed by atoms with E-state index in [1.807, 2.05) is 4.57 Å². The van der Waals surface area contributed by atoms with Gasteiger partial charge in [0.25, 0.3) is 5.91 Å². The summed E-state index contributed by atoms with van der Waals surface area (Å²) in [6, 6.07) is 1.68. The first-order valence-electron chi connectivity index (χ1n) is 6.65. The highest BCUT2D eigenvalue weighted by Gasteiger charge is 2.21. The van der Waals surface area contributed by atoms with E-state index in [4.69, 9.17) is 16.3 Å². The predicted octanol–water partition coefficient (Wildman–Crippen LogP) is 1.72. The number of aromatic nitrogens is 3. The highest BCUT2D eigenvalue weighted by Crippen LogP contribution is 2.32. The van der Waals surface area contributed by atoms with E-state index in [-0.39, 0.29) is 5.69 Å². The molecule has 2 aromatic heterocycles. The summed E-state index contributed by atoms with van der Waals surface area (Å²) in [5.41, 5.74) is 1.00. The molecule has 0 N–H and O–H groups in total. The number of imidazole rings is 1. The van der Waals surface area contributed by atoms with Crippen molar-refractivity contribution < 1.29 is 9.53 Å². The molecule has 0 radical (unpaired) electrons. The second kappa shape index (κ2) is 5.76. The van der Waals surface area contributed by atoms with Crippen molar-refractivity contribution in [2.24, 2.45) is 4.99 Å². The van der Waals surface area contributed by atoms with Crippen LogP contribution < -0.4 is 4.74 Å². The summed E-state index contributed by atoms with van der Waals surface area (Å²) < 4.78 is 7.48. The Labute approximate surface area is 132 Å². The lowest BCUT2D eigenvalue weighted by Gasteiger charge is -2.05. The van der Waals surface area contributed by atoms with Crippen LogP contribution in [0.4, 0.5) is 0 Å². The van der Waals surface area contributed by atoms with Crippen LogP contribution in [0, 0.1) is 0 Å². The van der Waals surface area contributed by atoms with Gasteiger partial charge in [-0.1, -0.05) is 11.6 Å². The van der Waals surface area contributed by atoms with Crippen LogP contribution in [0.1, 0.15) is 10.5 Å². The molecule has 1 aliphatic rings. The third-order valence-electron chi connectivity index (χ3n) is 3.07. The lowest BCUT2D eigenvalue weighted by Crippen LogP contribution is -2.10. The number of pyridine rings is 1. The van der Waals surface area contributed by atoms with Crippen molar-refractivity contribution in [3.63, 3.8) is 0 Å². The Bertz CT molecular complexity index is 754. The summed E-state index contributed by atoms with van der Waals surface area (Å²) in [4.78, 5) is 26.0. The Morgan fingerprint density at radius 2 is 2.36 bits per heavy atom. The van der Waals surface area contributed by atoms with Gasteiger partial charge in [-0.05, 0) is 6.07 Å². The molecule has 0 aliphatic carbocycles. The quantitative estimate of drug-likeness (QED) is 0.479. The van der Waals surface area contributed by atoms with Gasteiger partial charge in [0.15, 0.2) is 0 Å². The number of aliphatic imine (C=N–C) groups is 1. The van der Waals surface area contributed by atoms with Crippen LogP contribution >= 0.6 is 11.6 Å². The van der Waals surface area contributed by atoms with Crippen LogP contribution in [0.3, 0.4) is 0 Å². The Hall–Kier alpha value is -2.41. The molecule has 1 aliphatic heterocycles. The van der Waals surface area contributed by atoms with Crippen molar-refractivity contribution in [2.45, 2.75) is 6.54 Å². The molecule has 22 heavy (non-hydrogen) atoms. The molecule has 3 rings (SSSR count). The van der Waals surface area contributed by atoms with Crippen LogP contribution in [0.2, 0.25) is 5.15 Å².